The summed E-state index contributed by atoms with van der Waals surface area (Å²) in [6.07, 6.45) is -0.166. The second-order valence-corrected chi connectivity index (χ2v) is 9.11. The zero-order chi connectivity index (χ0) is 29.9. The first-order valence-corrected chi connectivity index (χ1v) is 13.1. The lowest BCUT2D eigenvalue weighted by Crippen LogP contribution is -2.28. The van der Waals surface area contributed by atoms with Crippen LogP contribution in [-0.2, 0) is 39.1 Å². The van der Waals surface area contributed by atoms with E-state index < -0.39 is 24.5 Å². The normalized spacial score (nSPS) is 11.9. The first-order chi connectivity index (χ1) is 19.6. The first kappa shape index (κ1) is 32.0. The van der Waals surface area contributed by atoms with E-state index in [4.69, 9.17) is 35.3 Å². The van der Waals surface area contributed by atoms with Crippen LogP contribution < -0.4 is 14.2 Å². The Bertz CT molecular complexity index is 1310. The van der Waals surface area contributed by atoms with E-state index in [9.17, 15) is 13.6 Å². The zero-order valence-electron chi connectivity index (χ0n) is 23.1. The predicted octanol–water partition coefficient (Wildman–Crippen LogP) is 5.60. The zero-order valence-corrected chi connectivity index (χ0v) is 23.9. The summed E-state index contributed by atoms with van der Waals surface area (Å²) in [5.74, 6) is -1.05. The van der Waals surface area contributed by atoms with Gasteiger partial charge in [-0.25, -0.2) is 13.9 Å². The molecule has 41 heavy (non-hydrogen) atoms. The molecular formula is C28H32ClF3N2O7. The minimum absolute atomic E-state index is 0.00391. The first-order valence-electron chi connectivity index (χ1n) is 12.8. The van der Waals surface area contributed by atoms with Crippen molar-refractivity contribution in [3.63, 3.8) is 0 Å². The van der Waals surface area contributed by atoms with Crippen molar-refractivity contribution in [3.8, 4) is 28.6 Å². The van der Waals surface area contributed by atoms with Crippen LogP contribution in [0.25, 0.3) is 11.3 Å². The summed E-state index contributed by atoms with van der Waals surface area (Å²) < 4.78 is 72.8. The highest BCUT2D eigenvalue weighted by molar-refractivity contribution is 6.34. The number of carbonyl (C=O) groups excluding carboxylic acids is 1. The Hall–Kier alpha value is -3.48. The molecule has 0 saturated carbocycles. The fourth-order valence-corrected chi connectivity index (χ4v) is 3.96. The molecule has 9 nitrogen and oxygen atoms in total. The summed E-state index contributed by atoms with van der Waals surface area (Å²) in [5, 5.41) is 3.76. The number of halogens is 4. The van der Waals surface area contributed by atoms with E-state index in [-0.39, 0.29) is 47.7 Å². The number of hydrogen-bond donors (Lipinski definition) is 0. The van der Waals surface area contributed by atoms with Gasteiger partial charge in [0.15, 0.2) is 6.10 Å². The Kier molecular flexibility index (Phi) is 12.1. The molecule has 0 amide bonds. The van der Waals surface area contributed by atoms with Crippen LogP contribution in [0.2, 0.25) is 5.02 Å². The highest BCUT2D eigenvalue weighted by Crippen LogP contribution is 2.37. The van der Waals surface area contributed by atoms with Gasteiger partial charge >= 0.3 is 12.6 Å². The number of benzene rings is 2. The van der Waals surface area contributed by atoms with Crippen LogP contribution in [0.3, 0.4) is 0 Å². The van der Waals surface area contributed by atoms with E-state index in [0.717, 1.165) is 22.7 Å². The Balaban J connectivity index is 1.67. The molecule has 224 valence electrons. The van der Waals surface area contributed by atoms with E-state index >= 15 is 4.39 Å². The van der Waals surface area contributed by atoms with E-state index in [2.05, 4.69) is 9.84 Å². The van der Waals surface area contributed by atoms with E-state index in [0.29, 0.717) is 24.5 Å². The van der Waals surface area contributed by atoms with Crippen molar-refractivity contribution in [1.29, 1.82) is 0 Å². The summed E-state index contributed by atoms with van der Waals surface area (Å²) >= 11 is 6.12. The number of aryl methyl sites for hydroxylation is 2. The molecular weight excluding hydrogens is 569 g/mol. The Labute approximate surface area is 241 Å². The molecule has 0 aliphatic rings. The topological polar surface area (TPSA) is 90.3 Å². The predicted molar refractivity (Wildman–Crippen MR) is 144 cm³/mol. The highest BCUT2D eigenvalue weighted by Gasteiger charge is 2.23. The van der Waals surface area contributed by atoms with Crippen LogP contribution in [0.15, 0.2) is 36.4 Å². The third-order valence-corrected chi connectivity index (χ3v) is 6.15. The monoisotopic (exact) mass is 600 g/mol. The van der Waals surface area contributed by atoms with E-state index in [1.165, 1.54) is 19.2 Å². The Morgan fingerprint density at radius 1 is 1.07 bits per heavy atom. The molecule has 1 atom stereocenters. The molecule has 3 aromatic rings. The maximum atomic E-state index is 15.0. The summed E-state index contributed by atoms with van der Waals surface area (Å²) in [7, 11) is 2.92. The molecule has 0 radical (unpaired) electrons. The third-order valence-electron chi connectivity index (χ3n) is 5.81. The molecule has 0 aliphatic heterocycles. The van der Waals surface area contributed by atoms with Gasteiger partial charge in [0.25, 0.3) is 0 Å². The molecule has 1 heterocycles. The number of hydrogen-bond acceptors (Lipinski definition) is 8. The van der Waals surface area contributed by atoms with Crippen LogP contribution >= 0.6 is 11.6 Å². The molecule has 0 saturated heterocycles. The van der Waals surface area contributed by atoms with Crippen molar-refractivity contribution in [2.45, 2.75) is 39.6 Å². The van der Waals surface area contributed by atoms with Gasteiger partial charge in [0.2, 0.25) is 5.88 Å². The second-order valence-electron chi connectivity index (χ2n) is 8.73. The molecule has 0 spiro atoms. The van der Waals surface area contributed by atoms with Crippen molar-refractivity contribution in [2.24, 2.45) is 7.05 Å². The van der Waals surface area contributed by atoms with Crippen molar-refractivity contribution in [3.05, 3.63) is 58.4 Å². The van der Waals surface area contributed by atoms with Crippen LogP contribution in [0, 0.1) is 5.82 Å². The van der Waals surface area contributed by atoms with Crippen molar-refractivity contribution in [2.75, 3.05) is 33.5 Å². The third kappa shape index (κ3) is 9.00. The average Bonchev–Trinajstić information content (AvgIpc) is 3.21. The van der Waals surface area contributed by atoms with Gasteiger partial charge in [-0.05, 0) is 37.1 Å². The number of carbonyl (C=O) groups is 1. The molecule has 0 fully saturated rings. The maximum Gasteiger partial charge on any atom is 0.388 e. The number of ether oxygens (including phenoxy) is 6. The quantitative estimate of drug-likeness (QED) is 0.155. The molecule has 1 aromatic heterocycles. The number of aromatic nitrogens is 2. The van der Waals surface area contributed by atoms with Crippen LogP contribution in [0.5, 0.6) is 17.4 Å². The van der Waals surface area contributed by atoms with E-state index in [1.54, 1.807) is 20.1 Å². The molecule has 1 unspecified atom stereocenters. The van der Waals surface area contributed by atoms with Crippen LogP contribution in [0.4, 0.5) is 13.2 Å². The minimum Gasteiger partial charge on any atom is -0.489 e. The molecule has 3 rings (SSSR count). The SMILES string of the molecule is CCc1ccc(COc2ccc(-c3nn(C)c(OC(F)F)c3Cl)c(F)c2)c(OC(C)C(=O)OCCOCCOC)c1. The van der Waals surface area contributed by atoms with Crippen molar-refractivity contribution >= 4 is 17.6 Å². The number of alkyl halides is 2. The summed E-state index contributed by atoms with van der Waals surface area (Å²) in [4.78, 5) is 12.4. The molecule has 0 aliphatic carbocycles. The number of esters is 1. The van der Waals surface area contributed by atoms with Crippen molar-refractivity contribution in [1.82, 2.24) is 9.78 Å². The standard InChI is InChI=1S/C28H32ClF3N2O7/c1-5-18-6-7-19(23(14-18)40-17(2)27(35)38-13-12-37-11-10-36-4)16-39-20-8-9-21(22(30)15-20)25-24(29)26(34(3)33-25)41-28(31)32/h6-9,14-15,17,28H,5,10-13,16H2,1-4H3. The van der Waals surface area contributed by atoms with Gasteiger partial charge < -0.3 is 28.4 Å². The van der Waals surface area contributed by atoms with Gasteiger partial charge in [-0.15, -0.1) is 0 Å². The van der Waals surface area contributed by atoms with Gasteiger partial charge in [0.05, 0.1) is 19.8 Å². The minimum atomic E-state index is -3.11. The van der Waals surface area contributed by atoms with Gasteiger partial charge in [-0.1, -0.05) is 30.7 Å². The molecule has 13 heteroatoms. The number of rotatable bonds is 16. The van der Waals surface area contributed by atoms with Crippen LogP contribution in [-0.4, -0.2) is 62.0 Å². The number of methoxy groups -OCH3 is 1. The summed E-state index contributed by atoms with van der Waals surface area (Å²) in [6.45, 7) is 1.60. The summed E-state index contributed by atoms with van der Waals surface area (Å²) in [6, 6.07) is 9.51. The lowest BCUT2D eigenvalue weighted by molar-refractivity contribution is -0.152. The highest BCUT2D eigenvalue weighted by atomic mass is 35.5. The largest absolute Gasteiger partial charge is 0.489 e. The molecule has 0 N–H and O–H groups in total. The van der Waals surface area contributed by atoms with Gasteiger partial charge in [0.1, 0.15) is 41.2 Å². The number of nitrogens with zero attached hydrogens (tertiary/aromatic N) is 2. The van der Waals surface area contributed by atoms with Gasteiger partial charge in [0, 0.05) is 31.4 Å². The second kappa shape index (κ2) is 15.5. The summed E-state index contributed by atoms with van der Waals surface area (Å²) in [5.41, 5.74) is 1.53. The molecule has 0 bridgehead atoms. The van der Waals surface area contributed by atoms with Crippen molar-refractivity contribution < 1.29 is 46.4 Å². The average molecular weight is 601 g/mol. The smallest absolute Gasteiger partial charge is 0.388 e. The Morgan fingerprint density at radius 3 is 2.51 bits per heavy atom. The van der Waals surface area contributed by atoms with Crippen LogP contribution in [0.1, 0.15) is 25.0 Å². The maximum absolute atomic E-state index is 15.0. The van der Waals surface area contributed by atoms with Gasteiger partial charge in [-0.3, -0.25) is 0 Å². The Morgan fingerprint density at radius 2 is 1.83 bits per heavy atom. The van der Waals surface area contributed by atoms with E-state index in [1.807, 2.05) is 19.1 Å². The van der Waals surface area contributed by atoms with Gasteiger partial charge in [-0.2, -0.15) is 13.9 Å². The fourth-order valence-electron chi connectivity index (χ4n) is 3.66. The lowest BCUT2D eigenvalue weighted by atomic mass is 10.1. The molecule has 2 aromatic carbocycles. The fraction of sp³-hybridized carbons (Fsp3) is 0.429. The lowest BCUT2D eigenvalue weighted by Gasteiger charge is -2.18.